The fourth-order valence-corrected chi connectivity index (χ4v) is 2.88. The summed E-state index contributed by atoms with van der Waals surface area (Å²) in [7, 11) is 3.33. The molecule has 15 heavy (non-hydrogen) atoms. The SMILES string of the molecule is COc1ccc([C@H]2[NH2+]CCS2)cc1OC. The highest BCUT2D eigenvalue weighted by molar-refractivity contribution is 7.99. The van der Waals surface area contributed by atoms with E-state index in [9.17, 15) is 0 Å². The van der Waals surface area contributed by atoms with Crippen molar-refractivity contribution < 1.29 is 14.8 Å². The van der Waals surface area contributed by atoms with E-state index in [0.717, 1.165) is 11.5 Å². The molecule has 3 nitrogen and oxygen atoms in total. The van der Waals surface area contributed by atoms with Gasteiger partial charge in [0, 0.05) is 11.3 Å². The first-order chi connectivity index (χ1) is 7.35. The highest BCUT2D eigenvalue weighted by atomic mass is 32.2. The summed E-state index contributed by atoms with van der Waals surface area (Å²) in [5.74, 6) is 2.83. The van der Waals surface area contributed by atoms with Gasteiger partial charge >= 0.3 is 0 Å². The maximum atomic E-state index is 5.29. The molecule has 1 atom stereocenters. The van der Waals surface area contributed by atoms with Crippen LogP contribution in [0, 0.1) is 0 Å². The largest absolute Gasteiger partial charge is 0.493 e. The first-order valence-electron chi connectivity index (χ1n) is 5.02. The molecule has 1 aliphatic rings. The number of quaternary nitrogens is 1. The Morgan fingerprint density at radius 2 is 2.07 bits per heavy atom. The highest BCUT2D eigenvalue weighted by Crippen LogP contribution is 2.32. The van der Waals surface area contributed by atoms with E-state index in [4.69, 9.17) is 9.47 Å². The molecule has 0 aromatic heterocycles. The molecular weight excluding hydrogens is 210 g/mol. The molecule has 2 rings (SSSR count). The fraction of sp³-hybridized carbons (Fsp3) is 0.455. The molecule has 0 aliphatic carbocycles. The lowest BCUT2D eigenvalue weighted by molar-refractivity contribution is -0.663. The first kappa shape index (κ1) is 10.6. The average Bonchev–Trinajstić information content (AvgIpc) is 2.81. The molecule has 1 aromatic carbocycles. The fourth-order valence-electron chi connectivity index (χ4n) is 1.74. The second kappa shape index (κ2) is 4.77. The summed E-state index contributed by atoms with van der Waals surface area (Å²) in [6.07, 6.45) is 0. The Kier molecular flexibility index (Phi) is 3.38. The molecule has 1 saturated heterocycles. The maximum Gasteiger partial charge on any atom is 0.161 e. The molecule has 1 aliphatic heterocycles. The molecule has 0 saturated carbocycles. The van der Waals surface area contributed by atoms with E-state index in [2.05, 4.69) is 17.4 Å². The Bertz CT molecular complexity index is 337. The summed E-state index contributed by atoms with van der Waals surface area (Å²) in [5.41, 5.74) is 1.30. The number of nitrogens with two attached hydrogens (primary N) is 1. The number of thioether (sulfide) groups is 1. The molecule has 1 aromatic rings. The van der Waals surface area contributed by atoms with Crippen LogP contribution in [-0.4, -0.2) is 26.5 Å². The van der Waals surface area contributed by atoms with Crippen LogP contribution < -0.4 is 14.8 Å². The van der Waals surface area contributed by atoms with Crippen LogP contribution in [-0.2, 0) is 0 Å². The third-order valence-corrected chi connectivity index (χ3v) is 3.83. The zero-order valence-corrected chi connectivity index (χ0v) is 9.84. The Morgan fingerprint density at radius 3 is 2.67 bits per heavy atom. The second-order valence-electron chi connectivity index (χ2n) is 3.43. The van der Waals surface area contributed by atoms with Gasteiger partial charge in [-0.3, -0.25) is 0 Å². The maximum absolute atomic E-state index is 5.29. The van der Waals surface area contributed by atoms with Crippen LogP contribution in [0.2, 0.25) is 0 Å². The monoisotopic (exact) mass is 226 g/mol. The van der Waals surface area contributed by atoms with Crippen LogP contribution >= 0.6 is 11.8 Å². The molecule has 1 fully saturated rings. The number of hydrogen-bond donors (Lipinski definition) is 1. The van der Waals surface area contributed by atoms with Crippen molar-refractivity contribution in [2.24, 2.45) is 0 Å². The lowest BCUT2D eigenvalue weighted by Gasteiger charge is -2.11. The summed E-state index contributed by atoms with van der Waals surface area (Å²) in [6.45, 7) is 1.20. The van der Waals surface area contributed by atoms with E-state index < -0.39 is 0 Å². The predicted octanol–water partition coefficient (Wildman–Crippen LogP) is 1.01. The van der Waals surface area contributed by atoms with Crippen molar-refractivity contribution in [1.82, 2.24) is 0 Å². The summed E-state index contributed by atoms with van der Waals surface area (Å²) < 4.78 is 10.5. The van der Waals surface area contributed by atoms with E-state index in [1.807, 2.05) is 17.8 Å². The number of benzene rings is 1. The Labute approximate surface area is 94.2 Å². The van der Waals surface area contributed by atoms with Crippen molar-refractivity contribution in [3.05, 3.63) is 23.8 Å². The number of rotatable bonds is 3. The standard InChI is InChI=1S/C11H15NO2S/c1-13-9-4-3-8(7-10(9)14-2)11-12-5-6-15-11/h3-4,7,11-12H,5-6H2,1-2H3/p+1/t11-/m0/s1. The Morgan fingerprint density at radius 1 is 1.27 bits per heavy atom. The van der Waals surface area contributed by atoms with Gasteiger partial charge in [-0.15, -0.1) is 0 Å². The molecule has 0 bridgehead atoms. The van der Waals surface area contributed by atoms with E-state index in [-0.39, 0.29) is 0 Å². The number of ether oxygens (including phenoxy) is 2. The first-order valence-corrected chi connectivity index (χ1v) is 6.07. The van der Waals surface area contributed by atoms with Gasteiger partial charge in [0.2, 0.25) is 0 Å². The Balaban J connectivity index is 2.25. The van der Waals surface area contributed by atoms with Crippen LogP contribution in [0.1, 0.15) is 10.9 Å². The van der Waals surface area contributed by atoms with Crippen molar-refractivity contribution >= 4 is 11.8 Å². The summed E-state index contributed by atoms with van der Waals surface area (Å²) in [5, 5.41) is 2.87. The Hall–Kier alpha value is -0.870. The summed E-state index contributed by atoms with van der Waals surface area (Å²) in [4.78, 5) is 0. The second-order valence-corrected chi connectivity index (χ2v) is 4.68. The molecule has 0 amide bonds. The molecule has 2 N–H and O–H groups in total. The van der Waals surface area contributed by atoms with Gasteiger partial charge in [-0.2, -0.15) is 0 Å². The van der Waals surface area contributed by atoms with Gasteiger partial charge in [-0.1, -0.05) is 11.8 Å². The normalized spacial score (nSPS) is 20.3. The van der Waals surface area contributed by atoms with Crippen LogP contribution in [0.15, 0.2) is 18.2 Å². The lowest BCUT2D eigenvalue weighted by atomic mass is 10.2. The van der Waals surface area contributed by atoms with Crippen molar-refractivity contribution in [3.8, 4) is 11.5 Å². The average molecular weight is 226 g/mol. The van der Waals surface area contributed by atoms with E-state index in [0.29, 0.717) is 5.37 Å². The van der Waals surface area contributed by atoms with Gasteiger partial charge in [0.05, 0.1) is 20.8 Å². The lowest BCUT2D eigenvalue weighted by Crippen LogP contribution is -2.81. The van der Waals surface area contributed by atoms with E-state index >= 15 is 0 Å². The quantitative estimate of drug-likeness (QED) is 0.835. The van der Waals surface area contributed by atoms with Crippen LogP contribution in [0.5, 0.6) is 11.5 Å². The summed E-state index contributed by atoms with van der Waals surface area (Å²) >= 11 is 1.98. The molecule has 0 spiro atoms. The zero-order valence-electron chi connectivity index (χ0n) is 9.03. The van der Waals surface area contributed by atoms with E-state index in [1.165, 1.54) is 17.9 Å². The third kappa shape index (κ3) is 2.21. The number of methoxy groups -OCH3 is 2. The van der Waals surface area contributed by atoms with E-state index in [1.54, 1.807) is 14.2 Å². The molecular formula is C11H16NO2S+. The molecule has 1 heterocycles. The third-order valence-electron chi connectivity index (χ3n) is 2.53. The van der Waals surface area contributed by atoms with Crippen LogP contribution in [0.4, 0.5) is 0 Å². The van der Waals surface area contributed by atoms with Gasteiger partial charge in [-0.25, -0.2) is 0 Å². The zero-order chi connectivity index (χ0) is 10.7. The molecule has 82 valence electrons. The van der Waals surface area contributed by atoms with Crippen molar-refractivity contribution in [2.45, 2.75) is 5.37 Å². The van der Waals surface area contributed by atoms with Crippen molar-refractivity contribution in [3.63, 3.8) is 0 Å². The van der Waals surface area contributed by atoms with Crippen LogP contribution in [0.3, 0.4) is 0 Å². The topological polar surface area (TPSA) is 35.1 Å². The minimum absolute atomic E-state index is 0.518. The molecule has 0 unspecified atom stereocenters. The number of hydrogen-bond acceptors (Lipinski definition) is 3. The minimum atomic E-state index is 0.518. The van der Waals surface area contributed by atoms with Crippen LogP contribution in [0.25, 0.3) is 0 Å². The molecule has 4 heteroatoms. The smallest absolute Gasteiger partial charge is 0.161 e. The van der Waals surface area contributed by atoms with Gasteiger partial charge in [0.1, 0.15) is 0 Å². The van der Waals surface area contributed by atoms with Gasteiger partial charge in [0.15, 0.2) is 16.9 Å². The van der Waals surface area contributed by atoms with Crippen molar-refractivity contribution in [1.29, 1.82) is 0 Å². The minimum Gasteiger partial charge on any atom is -0.493 e. The highest BCUT2D eigenvalue weighted by Gasteiger charge is 2.22. The summed E-state index contributed by atoms with van der Waals surface area (Å²) in [6, 6.07) is 6.15. The van der Waals surface area contributed by atoms with Gasteiger partial charge < -0.3 is 14.8 Å². The van der Waals surface area contributed by atoms with Gasteiger partial charge in [0.25, 0.3) is 0 Å². The molecule has 0 radical (unpaired) electrons. The van der Waals surface area contributed by atoms with Gasteiger partial charge in [-0.05, 0) is 18.2 Å². The van der Waals surface area contributed by atoms with Crippen molar-refractivity contribution in [2.75, 3.05) is 26.5 Å². The predicted molar refractivity (Wildman–Crippen MR) is 61.5 cm³/mol.